The Morgan fingerprint density at radius 1 is 1.35 bits per heavy atom. The van der Waals surface area contributed by atoms with Crippen molar-refractivity contribution in [2.24, 2.45) is 0 Å². The van der Waals surface area contributed by atoms with E-state index in [0.29, 0.717) is 15.8 Å². The van der Waals surface area contributed by atoms with Crippen LogP contribution in [0.1, 0.15) is 9.67 Å². The Kier molecular flexibility index (Phi) is 3.59. The largest absolute Gasteiger partial charge is 0.274 e. The van der Waals surface area contributed by atoms with E-state index >= 15 is 0 Å². The zero-order valence-corrected chi connectivity index (χ0v) is 12.1. The second kappa shape index (κ2) is 5.53. The van der Waals surface area contributed by atoms with Crippen LogP contribution >= 0.6 is 23.1 Å². The number of carbonyl (C=O) groups excluding carboxylic acids is 1. The third-order valence-electron chi connectivity index (χ3n) is 2.75. The fourth-order valence-corrected chi connectivity index (χ4v) is 3.25. The molecule has 0 N–H and O–H groups in total. The summed E-state index contributed by atoms with van der Waals surface area (Å²) in [6, 6.07) is 11.3. The van der Waals surface area contributed by atoms with Crippen LogP contribution in [0.4, 0.5) is 0 Å². The SMILES string of the molecule is C#CCSc1nc2ccccc2n1C(=O)c1cccs1. The van der Waals surface area contributed by atoms with Crippen LogP contribution in [0.2, 0.25) is 0 Å². The maximum Gasteiger partial charge on any atom is 0.274 e. The van der Waals surface area contributed by atoms with Crippen molar-refractivity contribution in [2.75, 3.05) is 5.75 Å². The van der Waals surface area contributed by atoms with Gasteiger partial charge in [0.25, 0.3) is 5.91 Å². The Morgan fingerprint density at radius 2 is 2.20 bits per heavy atom. The minimum absolute atomic E-state index is 0.0618. The predicted octanol–water partition coefficient (Wildman–Crippen LogP) is 3.51. The summed E-state index contributed by atoms with van der Waals surface area (Å²) in [7, 11) is 0. The fourth-order valence-electron chi connectivity index (χ4n) is 1.91. The van der Waals surface area contributed by atoms with E-state index in [4.69, 9.17) is 6.42 Å². The van der Waals surface area contributed by atoms with Gasteiger partial charge in [-0.3, -0.25) is 9.36 Å². The first-order valence-corrected chi connectivity index (χ1v) is 7.79. The van der Waals surface area contributed by atoms with Gasteiger partial charge in [-0.2, -0.15) is 0 Å². The van der Waals surface area contributed by atoms with Gasteiger partial charge in [-0.05, 0) is 23.6 Å². The topological polar surface area (TPSA) is 34.9 Å². The molecule has 3 aromatic rings. The molecule has 0 saturated carbocycles. The monoisotopic (exact) mass is 298 g/mol. The van der Waals surface area contributed by atoms with E-state index in [-0.39, 0.29) is 5.91 Å². The Bertz CT molecular complexity index is 797. The number of aromatic nitrogens is 2. The molecule has 2 heterocycles. The number of thioether (sulfide) groups is 1. The van der Waals surface area contributed by atoms with E-state index in [1.165, 1.54) is 23.1 Å². The number of terminal acetylenes is 1. The molecule has 0 unspecified atom stereocenters. The zero-order chi connectivity index (χ0) is 13.9. The molecule has 0 fully saturated rings. The number of nitrogens with zero attached hydrogens (tertiary/aromatic N) is 2. The molecule has 0 saturated heterocycles. The molecule has 0 amide bonds. The average molecular weight is 298 g/mol. The maximum absolute atomic E-state index is 12.6. The Morgan fingerprint density at radius 3 is 2.95 bits per heavy atom. The fraction of sp³-hybridized carbons (Fsp3) is 0.0667. The van der Waals surface area contributed by atoms with Gasteiger partial charge in [0.1, 0.15) is 0 Å². The van der Waals surface area contributed by atoms with Crippen LogP contribution < -0.4 is 0 Å². The van der Waals surface area contributed by atoms with E-state index in [9.17, 15) is 4.79 Å². The molecule has 0 atom stereocenters. The number of hydrogen-bond acceptors (Lipinski definition) is 4. The van der Waals surface area contributed by atoms with Crippen LogP contribution in [0.3, 0.4) is 0 Å². The van der Waals surface area contributed by atoms with Crippen molar-refractivity contribution < 1.29 is 4.79 Å². The molecule has 1 aromatic carbocycles. The van der Waals surface area contributed by atoms with Gasteiger partial charge in [0.05, 0.1) is 21.7 Å². The molecular formula is C15H10N2OS2. The Labute approximate surface area is 124 Å². The molecule has 0 radical (unpaired) electrons. The predicted molar refractivity (Wildman–Crippen MR) is 83.3 cm³/mol. The molecule has 2 aromatic heterocycles. The van der Waals surface area contributed by atoms with E-state index in [2.05, 4.69) is 10.9 Å². The lowest BCUT2D eigenvalue weighted by molar-refractivity contribution is 0.0959. The molecular weight excluding hydrogens is 288 g/mol. The second-order valence-electron chi connectivity index (χ2n) is 3.99. The van der Waals surface area contributed by atoms with Gasteiger partial charge in [-0.15, -0.1) is 17.8 Å². The molecule has 0 spiro atoms. The molecule has 0 aliphatic rings. The van der Waals surface area contributed by atoms with Gasteiger partial charge in [-0.25, -0.2) is 4.98 Å². The van der Waals surface area contributed by atoms with Crippen LogP contribution in [0.5, 0.6) is 0 Å². The molecule has 3 nitrogen and oxygen atoms in total. The van der Waals surface area contributed by atoms with Crippen molar-refractivity contribution in [1.29, 1.82) is 0 Å². The first-order valence-electron chi connectivity index (χ1n) is 5.93. The van der Waals surface area contributed by atoms with Crippen LogP contribution in [0.15, 0.2) is 46.9 Å². The van der Waals surface area contributed by atoms with Crippen LogP contribution in [-0.2, 0) is 0 Å². The molecule has 0 aliphatic heterocycles. The number of hydrogen-bond donors (Lipinski definition) is 0. The van der Waals surface area contributed by atoms with Crippen LogP contribution in [0.25, 0.3) is 11.0 Å². The average Bonchev–Trinajstić information content (AvgIpc) is 3.11. The van der Waals surface area contributed by atoms with Crippen molar-refractivity contribution in [3.8, 4) is 12.3 Å². The summed E-state index contributed by atoms with van der Waals surface area (Å²) in [5, 5.41) is 2.53. The number of rotatable bonds is 3. The summed E-state index contributed by atoms with van der Waals surface area (Å²) >= 11 is 2.82. The van der Waals surface area contributed by atoms with Crippen LogP contribution in [-0.4, -0.2) is 21.2 Å². The minimum Gasteiger partial charge on any atom is -0.267 e. The van der Waals surface area contributed by atoms with Gasteiger partial charge in [0, 0.05) is 0 Å². The summed E-state index contributed by atoms with van der Waals surface area (Å²) in [6.45, 7) is 0. The summed E-state index contributed by atoms with van der Waals surface area (Å²) in [5.74, 6) is 2.99. The highest BCUT2D eigenvalue weighted by molar-refractivity contribution is 7.99. The van der Waals surface area contributed by atoms with Crippen LogP contribution in [0, 0.1) is 12.3 Å². The zero-order valence-electron chi connectivity index (χ0n) is 10.4. The number of imidazole rings is 1. The molecule has 5 heteroatoms. The van der Waals surface area contributed by atoms with Gasteiger partial charge < -0.3 is 0 Å². The number of fused-ring (bicyclic) bond motifs is 1. The van der Waals surface area contributed by atoms with Crippen molar-refractivity contribution in [3.05, 3.63) is 46.7 Å². The lowest BCUT2D eigenvalue weighted by Crippen LogP contribution is -2.11. The molecule has 3 rings (SSSR count). The van der Waals surface area contributed by atoms with Gasteiger partial charge >= 0.3 is 0 Å². The minimum atomic E-state index is -0.0618. The lowest BCUT2D eigenvalue weighted by Gasteiger charge is -2.04. The maximum atomic E-state index is 12.6. The Hall–Kier alpha value is -2.03. The van der Waals surface area contributed by atoms with Gasteiger partial charge in [-0.1, -0.05) is 35.9 Å². The second-order valence-corrected chi connectivity index (χ2v) is 5.88. The van der Waals surface area contributed by atoms with E-state index in [1.807, 2.05) is 41.8 Å². The number of carbonyl (C=O) groups is 1. The quantitative estimate of drug-likeness (QED) is 0.548. The smallest absolute Gasteiger partial charge is 0.267 e. The summed E-state index contributed by atoms with van der Waals surface area (Å²) in [4.78, 5) is 17.8. The first-order chi connectivity index (χ1) is 9.81. The Balaban J connectivity index is 2.16. The van der Waals surface area contributed by atoms with Crippen molar-refractivity contribution in [1.82, 2.24) is 9.55 Å². The molecule has 98 valence electrons. The van der Waals surface area contributed by atoms with E-state index in [1.54, 1.807) is 4.57 Å². The highest BCUT2D eigenvalue weighted by Gasteiger charge is 2.18. The standard InChI is InChI=1S/C15H10N2OS2/c1-2-9-20-15-16-11-6-3-4-7-12(11)17(15)14(18)13-8-5-10-19-13/h1,3-8,10H,9H2. The normalized spacial score (nSPS) is 10.6. The van der Waals surface area contributed by atoms with E-state index in [0.717, 1.165) is 11.0 Å². The number of thiophene rings is 1. The van der Waals surface area contributed by atoms with E-state index < -0.39 is 0 Å². The van der Waals surface area contributed by atoms with Gasteiger partial charge in [0.15, 0.2) is 5.16 Å². The first kappa shape index (κ1) is 13.0. The van der Waals surface area contributed by atoms with Crippen molar-refractivity contribution >= 4 is 40.0 Å². The summed E-state index contributed by atoms with van der Waals surface area (Å²) in [6.07, 6.45) is 5.30. The van der Waals surface area contributed by atoms with Crippen molar-refractivity contribution in [2.45, 2.75) is 5.16 Å². The van der Waals surface area contributed by atoms with Gasteiger partial charge in [0.2, 0.25) is 0 Å². The molecule has 0 bridgehead atoms. The summed E-state index contributed by atoms with van der Waals surface area (Å²) < 4.78 is 1.64. The molecule has 20 heavy (non-hydrogen) atoms. The summed E-state index contributed by atoms with van der Waals surface area (Å²) in [5.41, 5.74) is 1.61. The lowest BCUT2D eigenvalue weighted by atomic mass is 10.3. The molecule has 0 aliphatic carbocycles. The third-order valence-corrected chi connectivity index (χ3v) is 4.45. The highest BCUT2D eigenvalue weighted by Crippen LogP contribution is 2.25. The number of benzene rings is 1. The van der Waals surface area contributed by atoms with Crippen molar-refractivity contribution in [3.63, 3.8) is 0 Å². The number of para-hydroxylation sites is 2. The highest BCUT2D eigenvalue weighted by atomic mass is 32.2. The third kappa shape index (κ3) is 2.24.